The van der Waals surface area contributed by atoms with Gasteiger partial charge in [-0.25, -0.2) is 0 Å². The van der Waals surface area contributed by atoms with Crippen LogP contribution in [0.25, 0.3) is 0 Å². The van der Waals surface area contributed by atoms with Crippen molar-refractivity contribution in [3.63, 3.8) is 0 Å². The monoisotopic (exact) mass is 268 g/mol. The first-order valence-electron chi connectivity index (χ1n) is 8.08. The summed E-state index contributed by atoms with van der Waals surface area (Å²) in [7, 11) is 0. The standard InChI is InChI=1S/C16H28O3/c1-3-4-11-5-6-13-12-7-8-14(17)15(12,2)9-10-16(13,18)19-11/h11-14,17-18H,3-10H2,1-2H3. The average molecular weight is 268 g/mol. The maximum Gasteiger partial charge on any atom is 0.168 e. The van der Waals surface area contributed by atoms with Crippen LogP contribution in [0, 0.1) is 17.3 Å². The Kier molecular flexibility index (Phi) is 3.43. The molecule has 2 saturated carbocycles. The van der Waals surface area contributed by atoms with E-state index in [0.29, 0.717) is 12.3 Å². The Morgan fingerprint density at radius 2 is 1.84 bits per heavy atom. The highest BCUT2D eigenvalue weighted by molar-refractivity contribution is 5.06. The van der Waals surface area contributed by atoms with Crippen molar-refractivity contribution in [1.82, 2.24) is 0 Å². The second kappa shape index (κ2) is 4.71. The van der Waals surface area contributed by atoms with E-state index in [2.05, 4.69) is 13.8 Å². The summed E-state index contributed by atoms with van der Waals surface area (Å²) in [4.78, 5) is 0. The molecule has 0 spiro atoms. The van der Waals surface area contributed by atoms with Crippen LogP contribution in [0.3, 0.4) is 0 Å². The average Bonchev–Trinajstić information content (AvgIpc) is 2.66. The second-order valence-electron chi connectivity index (χ2n) is 7.26. The third-order valence-electron chi connectivity index (χ3n) is 6.23. The van der Waals surface area contributed by atoms with Crippen molar-refractivity contribution in [2.24, 2.45) is 17.3 Å². The zero-order valence-corrected chi connectivity index (χ0v) is 12.3. The SMILES string of the molecule is CCCC1CCC2C3CCC(O)C3(C)CCC2(O)O1. The Morgan fingerprint density at radius 1 is 1.11 bits per heavy atom. The highest BCUT2D eigenvalue weighted by atomic mass is 16.6. The number of aliphatic hydroxyl groups is 2. The molecular weight excluding hydrogens is 240 g/mol. The first-order chi connectivity index (χ1) is 8.99. The molecular formula is C16H28O3. The summed E-state index contributed by atoms with van der Waals surface area (Å²) < 4.78 is 6.08. The normalized spacial score (nSPS) is 53.7. The summed E-state index contributed by atoms with van der Waals surface area (Å²) in [5.41, 5.74) is 0.0118. The molecule has 0 aromatic rings. The fourth-order valence-electron chi connectivity index (χ4n) is 5.02. The molecule has 0 aromatic heterocycles. The second-order valence-corrected chi connectivity index (χ2v) is 7.26. The van der Waals surface area contributed by atoms with E-state index in [1.165, 1.54) is 0 Å². The molecule has 1 aliphatic heterocycles. The van der Waals surface area contributed by atoms with Crippen molar-refractivity contribution in [3.05, 3.63) is 0 Å². The van der Waals surface area contributed by atoms with E-state index < -0.39 is 5.79 Å². The third kappa shape index (κ3) is 2.05. The summed E-state index contributed by atoms with van der Waals surface area (Å²) >= 11 is 0. The van der Waals surface area contributed by atoms with Gasteiger partial charge in [-0.2, -0.15) is 0 Å². The van der Waals surface area contributed by atoms with Crippen molar-refractivity contribution in [2.75, 3.05) is 0 Å². The van der Waals surface area contributed by atoms with Gasteiger partial charge in [0.2, 0.25) is 0 Å². The van der Waals surface area contributed by atoms with Gasteiger partial charge in [-0.3, -0.25) is 0 Å². The minimum absolute atomic E-state index is 0.0118. The summed E-state index contributed by atoms with van der Waals surface area (Å²) in [6, 6.07) is 0. The molecule has 2 aliphatic carbocycles. The molecule has 19 heavy (non-hydrogen) atoms. The summed E-state index contributed by atoms with van der Waals surface area (Å²) in [5, 5.41) is 21.2. The molecule has 110 valence electrons. The maximum absolute atomic E-state index is 10.9. The van der Waals surface area contributed by atoms with Gasteiger partial charge >= 0.3 is 0 Å². The predicted molar refractivity (Wildman–Crippen MR) is 73.5 cm³/mol. The lowest BCUT2D eigenvalue weighted by molar-refractivity contribution is -0.319. The molecule has 3 nitrogen and oxygen atoms in total. The number of fused-ring (bicyclic) bond motifs is 3. The van der Waals surface area contributed by atoms with Crippen LogP contribution in [0.5, 0.6) is 0 Å². The number of rotatable bonds is 2. The summed E-state index contributed by atoms with van der Waals surface area (Å²) in [6.07, 6.45) is 7.89. The molecule has 1 heterocycles. The first-order valence-corrected chi connectivity index (χ1v) is 8.08. The third-order valence-corrected chi connectivity index (χ3v) is 6.23. The van der Waals surface area contributed by atoms with Crippen LogP contribution in [0.4, 0.5) is 0 Å². The zero-order chi connectivity index (χ0) is 13.7. The molecule has 3 rings (SSSR count). The van der Waals surface area contributed by atoms with Crippen LogP contribution in [0.15, 0.2) is 0 Å². The maximum atomic E-state index is 10.9. The van der Waals surface area contributed by atoms with Crippen LogP contribution in [0.2, 0.25) is 0 Å². The lowest BCUT2D eigenvalue weighted by Crippen LogP contribution is -2.57. The molecule has 2 N–H and O–H groups in total. The van der Waals surface area contributed by atoms with E-state index in [1.54, 1.807) is 0 Å². The minimum Gasteiger partial charge on any atom is -0.393 e. The number of ether oxygens (including phenoxy) is 1. The number of hydrogen-bond donors (Lipinski definition) is 2. The van der Waals surface area contributed by atoms with Gasteiger partial charge in [0.1, 0.15) is 0 Å². The van der Waals surface area contributed by atoms with Crippen LogP contribution in [0.1, 0.15) is 65.2 Å². The summed E-state index contributed by atoms with van der Waals surface area (Å²) in [6.45, 7) is 4.39. The van der Waals surface area contributed by atoms with E-state index >= 15 is 0 Å². The quantitative estimate of drug-likeness (QED) is 0.809. The molecule has 0 bridgehead atoms. The van der Waals surface area contributed by atoms with Crippen molar-refractivity contribution in [3.8, 4) is 0 Å². The van der Waals surface area contributed by atoms with Gasteiger partial charge in [-0.1, -0.05) is 20.3 Å². The highest BCUT2D eigenvalue weighted by Gasteiger charge is 2.60. The Bertz CT molecular complexity index is 345. The van der Waals surface area contributed by atoms with E-state index in [1.807, 2.05) is 0 Å². The van der Waals surface area contributed by atoms with Gasteiger partial charge in [0, 0.05) is 12.3 Å². The Balaban J connectivity index is 1.79. The van der Waals surface area contributed by atoms with Gasteiger partial charge in [0.15, 0.2) is 5.79 Å². The molecule has 3 heteroatoms. The minimum atomic E-state index is -0.910. The smallest absolute Gasteiger partial charge is 0.168 e. The van der Waals surface area contributed by atoms with Crippen molar-refractivity contribution < 1.29 is 14.9 Å². The molecule has 0 amide bonds. The van der Waals surface area contributed by atoms with Crippen LogP contribution >= 0.6 is 0 Å². The number of aliphatic hydroxyl groups excluding tert-OH is 1. The van der Waals surface area contributed by atoms with Crippen LogP contribution in [-0.2, 0) is 4.74 Å². The van der Waals surface area contributed by atoms with Crippen molar-refractivity contribution >= 4 is 0 Å². The molecule has 3 fully saturated rings. The molecule has 3 aliphatic rings. The van der Waals surface area contributed by atoms with E-state index in [-0.39, 0.29) is 23.5 Å². The van der Waals surface area contributed by atoms with Crippen molar-refractivity contribution in [2.45, 2.75) is 83.2 Å². The molecule has 6 atom stereocenters. The highest BCUT2D eigenvalue weighted by Crippen LogP contribution is 2.60. The van der Waals surface area contributed by atoms with Crippen molar-refractivity contribution in [1.29, 1.82) is 0 Å². The lowest BCUT2D eigenvalue weighted by atomic mass is 9.59. The first kappa shape index (κ1) is 13.8. The fourth-order valence-corrected chi connectivity index (χ4v) is 5.02. The Labute approximate surface area is 116 Å². The Hall–Kier alpha value is -0.120. The topological polar surface area (TPSA) is 49.7 Å². The van der Waals surface area contributed by atoms with E-state index in [4.69, 9.17) is 4.74 Å². The van der Waals surface area contributed by atoms with Gasteiger partial charge in [0.05, 0.1) is 12.2 Å². The Morgan fingerprint density at radius 3 is 2.58 bits per heavy atom. The lowest BCUT2D eigenvalue weighted by Gasteiger charge is -2.54. The van der Waals surface area contributed by atoms with E-state index in [9.17, 15) is 10.2 Å². The fraction of sp³-hybridized carbons (Fsp3) is 1.00. The molecule has 0 aromatic carbocycles. The van der Waals surface area contributed by atoms with Crippen LogP contribution in [-0.4, -0.2) is 28.2 Å². The molecule has 1 saturated heterocycles. The van der Waals surface area contributed by atoms with Gasteiger partial charge in [-0.05, 0) is 49.9 Å². The van der Waals surface area contributed by atoms with E-state index in [0.717, 1.165) is 44.9 Å². The zero-order valence-electron chi connectivity index (χ0n) is 12.3. The largest absolute Gasteiger partial charge is 0.393 e. The molecule has 0 radical (unpaired) electrons. The van der Waals surface area contributed by atoms with Crippen LogP contribution < -0.4 is 0 Å². The van der Waals surface area contributed by atoms with Gasteiger partial charge in [-0.15, -0.1) is 0 Å². The number of hydrogen-bond acceptors (Lipinski definition) is 3. The predicted octanol–water partition coefficient (Wildman–Crippen LogP) is 2.84. The van der Waals surface area contributed by atoms with Gasteiger partial charge < -0.3 is 14.9 Å². The summed E-state index contributed by atoms with van der Waals surface area (Å²) in [5.74, 6) is -0.243. The molecule has 6 unspecified atom stereocenters. The van der Waals surface area contributed by atoms with Gasteiger partial charge in [0.25, 0.3) is 0 Å².